The van der Waals surface area contributed by atoms with E-state index in [0.717, 1.165) is 16.6 Å². The number of ketones is 1. The Labute approximate surface area is 100 Å². The molecule has 2 aromatic heterocycles. The molecule has 4 nitrogen and oxygen atoms in total. The number of pyridine rings is 2. The van der Waals surface area contributed by atoms with Gasteiger partial charge in [-0.25, -0.2) is 0 Å². The van der Waals surface area contributed by atoms with Gasteiger partial charge in [-0.3, -0.25) is 14.8 Å². The van der Waals surface area contributed by atoms with Gasteiger partial charge in [0, 0.05) is 29.0 Å². The van der Waals surface area contributed by atoms with Crippen molar-refractivity contribution in [2.24, 2.45) is 0 Å². The van der Waals surface area contributed by atoms with Crippen LogP contribution >= 0.6 is 0 Å². The fourth-order valence-corrected chi connectivity index (χ4v) is 1.77. The van der Waals surface area contributed by atoms with Crippen molar-refractivity contribution in [1.82, 2.24) is 14.9 Å². The van der Waals surface area contributed by atoms with Gasteiger partial charge in [-0.15, -0.1) is 0 Å². The maximum atomic E-state index is 12.0. The highest BCUT2D eigenvalue weighted by atomic mass is 16.1. The lowest BCUT2D eigenvalue weighted by Crippen LogP contribution is -2.22. The molecule has 0 radical (unpaired) electrons. The summed E-state index contributed by atoms with van der Waals surface area (Å²) < 4.78 is 0. The molecule has 0 aromatic carbocycles. The van der Waals surface area contributed by atoms with Gasteiger partial charge >= 0.3 is 0 Å². The van der Waals surface area contributed by atoms with E-state index in [1.165, 1.54) is 0 Å². The van der Waals surface area contributed by atoms with Gasteiger partial charge in [0.25, 0.3) is 0 Å². The lowest BCUT2D eigenvalue weighted by molar-refractivity contribution is 0.0957. The maximum Gasteiger partial charge on any atom is 0.178 e. The molecule has 2 heterocycles. The number of Topliss-reactive ketones (excluding diaryl/α,β-unsaturated/α-hetero) is 1. The van der Waals surface area contributed by atoms with Crippen LogP contribution in [0.25, 0.3) is 10.9 Å². The van der Waals surface area contributed by atoms with Crippen molar-refractivity contribution in [2.75, 3.05) is 20.6 Å². The normalized spacial score (nSPS) is 11.1. The zero-order chi connectivity index (χ0) is 12.4. The number of fused-ring (bicyclic) bond motifs is 1. The third-order valence-corrected chi connectivity index (χ3v) is 2.57. The molecular formula is C13H15N3O. The molecule has 88 valence electrons. The number of hydrogen-bond donors (Lipinski definition) is 0. The van der Waals surface area contributed by atoms with Crippen LogP contribution in [0.15, 0.2) is 24.5 Å². The Morgan fingerprint density at radius 1 is 1.41 bits per heavy atom. The molecule has 0 atom stereocenters. The van der Waals surface area contributed by atoms with Crippen molar-refractivity contribution in [3.05, 3.63) is 35.8 Å². The molecule has 0 bridgehead atoms. The summed E-state index contributed by atoms with van der Waals surface area (Å²) in [6, 6.07) is 3.72. The molecule has 0 fully saturated rings. The van der Waals surface area contributed by atoms with Crippen LogP contribution in [0.3, 0.4) is 0 Å². The summed E-state index contributed by atoms with van der Waals surface area (Å²) in [5.74, 6) is 0.0887. The van der Waals surface area contributed by atoms with E-state index in [1.807, 2.05) is 38.1 Å². The smallest absolute Gasteiger partial charge is 0.178 e. The molecule has 0 unspecified atom stereocenters. The van der Waals surface area contributed by atoms with E-state index in [-0.39, 0.29) is 5.78 Å². The first-order valence-electron chi connectivity index (χ1n) is 5.47. The lowest BCUT2D eigenvalue weighted by atomic mass is 10.1. The zero-order valence-electron chi connectivity index (χ0n) is 10.3. The fourth-order valence-electron chi connectivity index (χ4n) is 1.77. The molecule has 0 aliphatic carbocycles. The summed E-state index contributed by atoms with van der Waals surface area (Å²) in [7, 11) is 3.76. The number of aryl methyl sites for hydroxylation is 1. The van der Waals surface area contributed by atoms with Crippen molar-refractivity contribution in [3.63, 3.8) is 0 Å². The third-order valence-electron chi connectivity index (χ3n) is 2.57. The zero-order valence-corrected chi connectivity index (χ0v) is 10.3. The Balaban J connectivity index is 2.47. The topological polar surface area (TPSA) is 46.1 Å². The summed E-state index contributed by atoms with van der Waals surface area (Å²) in [5, 5.41) is 0.903. The largest absolute Gasteiger partial charge is 0.302 e. The van der Waals surface area contributed by atoms with Crippen LogP contribution < -0.4 is 0 Å². The Hall–Kier alpha value is -1.81. The fraction of sp³-hybridized carbons (Fsp3) is 0.308. The van der Waals surface area contributed by atoms with Crippen LogP contribution in [0, 0.1) is 6.92 Å². The molecular weight excluding hydrogens is 214 g/mol. The monoisotopic (exact) mass is 229 g/mol. The minimum absolute atomic E-state index is 0.0887. The van der Waals surface area contributed by atoms with E-state index in [2.05, 4.69) is 9.97 Å². The second-order valence-electron chi connectivity index (χ2n) is 4.35. The van der Waals surface area contributed by atoms with Crippen molar-refractivity contribution in [1.29, 1.82) is 0 Å². The average molecular weight is 229 g/mol. The van der Waals surface area contributed by atoms with Crippen molar-refractivity contribution in [2.45, 2.75) is 6.92 Å². The van der Waals surface area contributed by atoms with E-state index >= 15 is 0 Å². The number of likely N-dealkylation sites (N-methyl/N-ethyl adjacent to an activating group) is 1. The van der Waals surface area contributed by atoms with Gasteiger partial charge in [-0.1, -0.05) is 0 Å². The van der Waals surface area contributed by atoms with Gasteiger partial charge in [-0.05, 0) is 33.2 Å². The molecule has 0 N–H and O–H groups in total. The molecule has 0 saturated carbocycles. The highest BCUT2D eigenvalue weighted by molar-refractivity contribution is 6.01. The Morgan fingerprint density at radius 2 is 2.18 bits per heavy atom. The highest BCUT2D eigenvalue weighted by Gasteiger charge is 2.12. The first-order valence-corrected chi connectivity index (χ1v) is 5.47. The average Bonchev–Trinajstić information content (AvgIpc) is 2.27. The SMILES string of the molecule is Cc1nc2ccncc2cc1C(=O)CN(C)C. The van der Waals surface area contributed by atoms with Crippen LogP contribution in [0.2, 0.25) is 0 Å². The molecule has 0 spiro atoms. The quantitative estimate of drug-likeness (QED) is 0.751. The van der Waals surface area contributed by atoms with Gasteiger partial charge < -0.3 is 4.90 Å². The summed E-state index contributed by atoms with van der Waals surface area (Å²) in [5.41, 5.74) is 2.33. The Morgan fingerprint density at radius 3 is 2.88 bits per heavy atom. The number of carbonyl (C=O) groups is 1. The number of nitrogens with zero attached hydrogens (tertiary/aromatic N) is 3. The molecule has 0 aliphatic rings. The minimum atomic E-state index is 0.0887. The van der Waals surface area contributed by atoms with Gasteiger partial charge in [-0.2, -0.15) is 0 Å². The first-order chi connectivity index (χ1) is 8.08. The molecule has 2 rings (SSSR count). The van der Waals surface area contributed by atoms with Crippen molar-refractivity contribution in [3.8, 4) is 0 Å². The van der Waals surface area contributed by atoms with Gasteiger partial charge in [0.2, 0.25) is 0 Å². The summed E-state index contributed by atoms with van der Waals surface area (Å²) in [6.07, 6.45) is 3.43. The van der Waals surface area contributed by atoms with Crippen molar-refractivity contribution < 1.29 is 4.79 Å². The van der Waals surface area contributed by atoms with Crippen LogP contribution in [-0.4, -0.2) is 41.3 Å². The minimum Gasteiger partial charge on any atom is -0.302 e. The number of hydrogen-bond acceptors (Lipinski definition) is 4. The molecule has 4 heteroatoms. The molecule has 17 heavy (non-hydrogen) atoms. The summed E-state index contributed by atoms with van der Waals surface area (Å²) in [6.45, 7) is 2.26. The highest BCUT2D eigenvalue weighted by Crippen LogP contribution is 2.15. The predicted octanol–water partition coefficient (Wildman–Crippen LogP) is 1.68. The maximum absolute atomic E-state index is 12.0. The molecule has 0 saturated heterocycles. The second-order valence-corrected chi connectivity index (χ2v) is 4.35. The number of aromatic nitrogens is 2. The lowest BCUT2D eigenvalue weighted by Gasteiger charge is -2.10. The van der Waals surface area contributed by atoms with Crippen LogP contribution in [0.4, 0.5) is 0 Å². The van der Waals surface area contributed by atoms with E-state index in [0.29, 0.717) is 12.1 Å². The van der Waals surface area contributed by atoms with Crippen LogP contribution in [0.1, 0.15) is 16.1 Å². The molecule has 0 amide bonds. The Bertz CT molecular complexity index is 564. The van der Waals surface area contributed by atoms with Crippen LogP contribution in [-0.2, 0) is 0 Å². The summed E-state index contributed by atoms with van der Waals surface area (Å²) >= 11 is 0. The number of carbonyl (C=O) groups excluding carboxylic acids is 1. The number of rotatable bonds is 3. The van der Waals surface area contributed by atoms with Crippen molar-refractivity contribution >= 4 is 16.7 Å². The van der Waals surface area contributed by atoms with E-state index in [4.69, 9.17) is 0 Å². The predicted molar refractivity (Wildman–Crippen MR) is 67.2 cm³/mol. The molecule has 0 aliphatic heterocycles. The summed E-state index contributed by atoms with van der Waals surface area (Å²) in [4.78, 5) is 22.3. The molecule has 2 aromatic rings. The second kappa shape index (κ2) is 4.59. The van der Waals surface area contributed by atoms with Gasteiger partial charge in [0.15, 0.2) is 5.78 Å². The van der Waals surface area contributed by atoms with E-state index in [1.54, 1.807) is 12.4 Å². The third kappa shape index (κ3) is 2.47. The van der Waals surface area contributed by atoms with Gasteiger partial charge in [0.1, 0.15) is 0 Å². The van der Waals surface area contributed by atoms with Gasteiger partial charge in [0.05, 0.1) is 12.1 Å². The van der Waals surface area contributed by atoms with Crippen LogP contribution in [0.5, 0.6) is 0 Å². The standard InChI is InChI=1S/C13H15N3O/c1-9-11(13(17)8-16(2)3)6-10-7-14-5-4-12(10)15-9/h4-7H,8H2,1-3H3. The van der Waals surface area contributed by atoms with E-state index < -0.39 is 0 Å². The van der Waals surface area contributed by atoms with E-state index in [9.17, 15) is 4.79 Å². The Kier molecular flexibility index (Phi) is 3.15. The first kappa shape index (κ1) is 11.7.